The first-order valence-electron chi connectivity index (χ1n) is 11.9. The lowest BCUT2D eigenvalue weighted by Gasteiger charge is -2.58. The predicted octanol–water partition coefficient (Wildman–Crippen LogP) is 6.81. The highest BCUT2D eigenvalue weighted by Crippen LogP contribution is 2.67. The highest BCUT2D eigenvalue weighted by molar-refractivity contribution is 5.85. The van der Waals surface area contributed by atoms with Crippen LogP contribution in [0.4, 0.5) is 4.39 Å². The summed E-state index contributed by atoms with van der Waals surface area (Å²) in [6, 6.07) is 0. The summed E-state index contributed by atoms with van der Waals surface area (Å²) in [4.78, 5) is 11.4. The van der Waals surface area contributed by atoms with E-state index in [0.29, 0.717) is 35.7 Å². The van der Waals surface area contributed by atoms with Gasteiger partial charge in [-0.05, 0) is 90.2 Å². The highest BCUT2D eigenvalue weighted by Gasteiger charge is 2.59. The van der Waals surface area contributed by atoms with Crippen molar-refractivity contribution < 1.29 is 19.0 Å². The number of carboxylic acid groups (broad SMARTS) is 1. The maximum Gasteiger partial charge on any atom is 0.364 e. The molecule has 0 saturated heterocycles. The van der Waals surface area contributed by atoms with Crippen molar-refractivity contribution in [1.29, 1.82) is 0 Å². The van der Waals surface area contributed by atoms with Gasteiger partial charge in [-0.1, -0.05) is 39.7 Å². The molecule has 0 unspecified atom stereocenters. The van der Waals surface area contributed by atoms with Gasteiger partial charge in [-0.3, -0.25) is 0 Å². The topological polar surface area (TPSA) is 46.5 Å². The molecule has 0 aromatic carbocycles. The Labute approximate surface area is 180 Å². The number of ether oxygens (including phenoxy) is 1. The maximum atomic E-state index is 14.6. The number of allylic oxidation sites excluding steroid dienone is 5. The van der Waals surface area contributed by atoms with E-state index in [1.807, 2.05) is 0 Å². The molecule has 30 heavy (non-hydrogen) atoms. The Bertz CT molecular complexity index is 809. The fraction of sp³-hybridized carbons (Fsp3) is 0.731. The molecule has 0 aromatic heterocycles. The van der Waals surface area contributed by atoms with Gasteiger partial charge in [0.15, 0.2) is 0 Å². The quantitative estimate of drug-likeness (QED) is 0.501. The average Bonchev–Trinajstić information content (AvgIpc) is 3.08. The molecule has 0 radical (unpaired) electrons. The number of carbonyl (C=O) groups is 1. The lowest BCUT2D eigenvalue weighted by atomic mass is 9.46. The molecular formula is C26H37FO3. The zero-order chi connectivity index (χ0) is 21.7. The Morgan fingerprint density at radius 3 is 2.60 bits per heavy atom. The van der Waals surface area contributed by atoms with Crippen LogP contribution in [0.5, 0.6) is 0 Å². The first-order chi connectivity index (χ1) is 14.3. The molecule has 0 spiro atoms. The van der Waals surface area contributed by atoms with Crippen LogP contribution in [-0.4, -0.2) is 18.2 Å². The molecule has 4 aliphatic carbocycles. The highest BCUT2D eigenvalue weighted by atomic mass is 19.1. The molecule has 4 rings (SSSR count). The van der Waals surface area contributed by atoms with E-state index in [-0.39, 0.29) is 10.8 Å². The minimum atomic E-state index is -1.39. The summed E-state index contributed by atoms with van der Waals surface area (Å²) in [5, 5.41) is 9.33. The fourth-order valence-corrected chi connectivity index (χ4v) is 7.63. The molecule has 2 fully saturated rings. The molecule has 0 heterocycles. The Morgan fingerprint density at radius 2 is 1.93 bits per heavy atom. The van der Waals surface area contributed by atoms with Gasteiger partial charge in [0.25, 0.3) is 0 Å². The van der Waals surface area contributed by atoms with E-state index in [1.54, 1.807) is 7.11 Å². The van der Waals surface area contributed by atoms with E-state index in [4.69, 9.17) is 4.74 Å². The van der Waals surface area contributed by atoms with Crippen molar-refractivity contribution in [2.24, 2.45) is 34.5 Å². The molecule has 0 bridgehead atoms. The van der Waals surface area contributed by atoms with Gasteiger partial charge < -0.3 is 9.84 Å². The van der Waals surface area contributed by atoms with E-state index >= 15 is 0 Å². The minimum Gasteiger partial charge on any atom is -0.501 e. The first kappa shape index (κ1) is 21.6. The van der Waals surface area contributed by atoms with Crippen LogP contribution in [0, 0.1) is 34.5 Å². The second-order valence-electron chi connectivity index (χ2n) is 10.5. The van der Waals surface area contributed by atoms with Gasteiger partial charge in [0, 0.05) is 6.42 Å². The van der Waals surface area contributed by atoms with Gasteiger partial charge in [-0.25, -0.2) is 4.79 Å². The van der Waals surface area contributed by atoms with Crippen LogP contribution in [0.2, 0.25) is 0 Å². The third kappa shape index (κ3) is 3.17. The van der Waals surface area contributed by atoms with Crippen LogP contribution in [-0.2, 0) is 9.53 Å². The smallest absolute Gasteiger partial charge is 0.364 e. The number of hydrogen-bond acceptors (Lipinski definition) is 2. The fourth-order valence-electron chi connectivity index (χ4n) is 7.63. The van der Waals surface area contributed by atoms with Gasteiger partial charge >= 0.3 is 5.97 Å². The predicted molar refractivity (Wildman–Crippen MR) is 116 cm³/mol. The number of carboxylic acids is 1. The van der Waals surface area contributed by atoms with Crippen LogP contribution in [0.1, 0.15) is 78.6 Å². The van der Waals surface area contributed by atoms with E-state index in [0.717, 1.165) is 37.9 Å². The summed E-state index contributed by atoms with van der Waals surface area (Å²) in [6.07, 6.45) is 13.9. The van der Waals surface area contributed by atoms with Gasteiger partial charge in [0.2, 0.25) is 5.83 Å². The molecule has 0 aromatic rings. The SMILES string of the molecule is CCCC[C@@H]1C=C2C=C(OC)CC[C@]2(C)[C@H]2CC[C@]3(C)/C(=C(\F)C(=O)O)CC[C@H]3[C@H]12. The Balaban J connectivity index is 1.77. The van der Waals surface area contributed by atoms with E-state index in [2.05, 4.69) is 32.9 Å². The molecule has 0 aliphatic heterocycles. The second-order valence-corrected chi connectivity index (χ2v) is 10.5. The zero-order valence-corrected chi connectivity index (χ0v) is 19.0. The number of unbranched alkanes of at least 4 members (excludes halogenated alkanes) is 1. The minimum absolute atomic E-state index is 0.147. The summed E-state index contributed by atoms with van der Waals surface area (Å²) in [5.41, 5.74) is 1.87. The first-order valence-corrected chi connectivity index (χ1v) is 11.9. The van der Waals surface area contributed by atoms with Crippen LogP contribution in [0.25, 0.3) is 0 Å². The van der Waals surface area contributed by atoms with E-state index in [9.17, 15) is 14.3 Å². The number of aliphatic carboxylic acids is 1. The van der Waals surface area contributed by atoms with Crippen LogP contribution >= 0.6 is 0 Å². The summed E-state index contributed by atoms with van der Waals surface area (Å²) in [6.45, 7) is 6.83. The van der Waals surface area contributed by atoms with Crippen molar-refractivity contribution in [3.05, 3.63) is 34.9 Å². The van der Waals surface area contributed by atoms with Gasteiger partial charge in [0.05, 0.1) is 12.9 Å². The molecule has 0 amide bonds. The van der Waals surface area contributed by atoms with E-state index < -0.39 is 11.8 Å². The number of methoxy groups -OCH3 is 1. The Hall–Kier alpha value is -1.58. The Kier molecular flexibility index (Phi) is 5.65. The third-order valence-electron chi connectivity index (χ3n) is 9.30. The molecule has 1 N–H and O–H groups in total. The molecule has 4 heteroatoms. The second kappa shape index (κ2) is 7.84. The lowest BCUT2D eigenvalue weighted by Crippen LogP contribution is -2.51. The molecule has 166 valence electrons. The number of rotatable bonds is 5. The number of halogens is 1. The standard InChI is InChI=1S/C26H37FO3/c1-5-6-7-16-14-17-15-18(30-4)10-12-25(17,2)20-11-13-26(3)19(22(16)20)8-9-21(26)23(27)24(28)29/h14-16,19-20,22H,5-13H2,1-4H3,(H,28,29)/b23-21-/t16-,19+,20+,22+,25+,26+/m1/s1. The normalized spacial score (nSPS) is 41.8. The maximum absolute atomic E-state index is 14.6. The molecular weight excluding hydrogens is 379 g/mol. The number of fused-ring (bicyclic) bond motifs is 5. The zero-order valence-electron chi connectivity index (χ0n) is 19.0. The number of hydrogen-bond donors (Lipinski definition) is 1. The van der Waals surface area contributed by atoms with Crippen molar-refractivity contribution in [3.8, 4) is 0 Å². The van der Waals surface area contributed by atoms with Crippen LogP contribution in [0.3, 0.4) is 0 Å². The molecule has 4 aliphatic rings. The summed E-state index contributed by atoms with van der Waals surface area (Å²) < 4.78 is 20.2. The van der Waals surface area contributed by atoms with Crippen molar-refractivity contribution in [2.75, 3.05) is 7.11 Å². The van der Waals surface area contributed by atoms with Gasteiger partial charge in [0.1, 0.15) is 0 Å². The lowest BCUT2D eigenvalue weighted by molar-refractivity contribution is -0.134. The molecule has 2 saturated carbocycles. The summed E-state index contributed by atoms with van der Waals surface area (Å²) in [5.74, 6) is 0.774. The molecule has 3 nitrogen and oxygen atoms in total. The van der Waals surface area contributed by atoms with E-state index in [1.165, 1.54) is 24.8 Å². The monoisotopic (exact) mass is 416 g/mol. The largest absolute Gasteiger partial charge is 0.501 e. The van der Waals surface area contributed by atoms with Crippen molar-refractivity contribution in [3.63, 3.8) is 0 Å². The van der Waals surface area contributed by atoms with Crippen molar-refractivity contribution in [2.45, 2.75) is 78.6 Å². The summed E-state index contributed by atoms with van der Waals surface area (Å²) in [7, 11) is 1.77. The van der Waals surface area contributed by atoms with Crippen molar-refractivity contribution >= 4 is 5.97 Å². The average molecular weight is 417 g/mol. The van der Waals surface area contributed by atoms with Crippen molar-refractivity contribution in [1.82, 2.24) is 0 Å². The van der Waals surface area contributed by atoms with Gasteiger partial charge in [-0.15, -0.1) is 0 Å². The Morgan fingerprint density at radius 1 is 1.20 bits per heavy atom. The third-order valence-corrected chi connectivity index (χ3v) is 9.30. The van der Waals surface area contributed by atoms with Gasteiger partial charge in [-0.2, -0.15) is 4.39 Å². The summed E-state index contributed by atoms with van der Waals surface area (Å²) >= 11 is 0. The van der Waals surface area contributed by atoms with Crippen LogP contribution < -0.4 is 0 Å². The van der Waals surface area contributed by atoms with Crippen LogP contribution in [0.15, 0.2) is 34.9 Å². The molecule has 6 atom stereocenters.